The summed E-state index contributed by atoms with van der Waals surface area (Å²) < 4.78 is 6.24. The Morgan fingerprint density at radius 1 is 1.36 bits per heavy atom. The maximum absolute atomic E-state index is 12.1. The first-order valence-corrected chi connectivity index (χ1v) is 6.49. The van der Waals surface area contributed by atoms with E-state index in [0.717, 1.165) is 9.95 Å². The molecule has 0 unspecified atom stereocenters. The Balaban J connectivity index is 1.82. The van der Waals surface area contributed by atoms with E-state index in [0.29, 0.717) is 11.3 Å². The molecule has 0 saturated carbocycles. The monoisotopic (exact) mass is 300 g/mol. The highest BCUT2D eigenvalue weighted by atomic mass is 16.5. The fourth-order valence-electron chi connectivity index (χ4n) is 2.07. The molecule has 0 atom stereocenters. The Morgan fingerprint density at radius 2 is 2.18 bits per heavy atom. The van der Waals surface area contributed by atoms with Crippen LogP contribution in [0.15, 0.2) is 46.0 Å². The third kappa shape index (κ3) is 2.66. The second-order valence-corrected chi connectivity index (χ2v) is 4.58. The average Bonchev–Trinajstić information content (AvgIpc) is 2.91. The summed E-state index contributed by atoms with van der Waals surface area (Å²) in [6.07, 6.45) is 2.70. The van der Waals surface area contributed by atoms with E-state index >= 15 is 0 Å². The number of carboxylic acids is 1. The molecule has 3 rings (SSSR count). The maximum atomic E-state index is 12.1. The minimum Gasteiger partial charge on any atom is -0.480 e. The van der Waals surface area contributed by atoms with Crippen molar-refractivity contribution in [2.45, 2.75) is 13.1 Å². The molecule has 0 radical (unpaired) electrons. The molecule has 0 aliphatic carbocycles. The zero-order valence-electron chi connectivity index (χ0n) is 11.4. The van der Waals surface area contributed by atoms with E-state index in [1.807, 2.05) is 18.2 Å². The van der Waals surface area contributed by atoms with Gasteiger partial charge in [-0.05, 0) is 12.1 Å². The van der Waals surface area contributed by atoms with Crippen molar-refractivity contribution in [3.8, 4) is 0 Å². The van der Waals surface area contributed by atoms with Crippen LogP contribution in [0.25, 0.3) is 11.0 Å². The van der Waals surface area contributed by atoms with Gasteiger partial charge in [-0.25, -0.2) is 4.98 Å². The van der Waals surface area contributed by atoms with Crippen LogP contribution in [-0.2, 0) is 17.9 Å². The Hall–Kier alpha value is -3.16. The van der Waals surface area contributed by atoms with Crippen molar-refractivity contribution in [3.05, 3.63) is 52.7 Å². The number of rotatable bonds is 5. The van der Waals surface area contributed by atoms with Gasteiger partial charge in [0.15, 0.2) is 11.4 Å². The normalized spacial score (nSPS) is 10.7. The van der Waals surface area contributed by atoms with Crippen molar-refractivity contribution in [1.29, 1.82) is 0 Å². The molecular formula is C14H12N4O4. The van der Waals surface area contributed by atoms with Crippen LogP contribution in [0.3, 0.4) is 0 Å². The molecule has 8 heteroatoms. The van der Waals surface area contributed by atoms with E-state index in [2.05, 4.69) is 15.5 Å². The Bertz CT molecular complexity index is 884. The lowest BCUT2D eigenvalue weighted by Crippen LogP contribution is -2.27. The van der Waals surface area contributed by atoms with Gasteiger partial charge in [-0.1, -0.05) is 17.3 Å². The molecular weight excluding hydrogens is 288 g/mol. The smallest absolute Gasteiger partial charge is 0.323 e. The zero-order chi connectivity index (χ0) is 15.5. The highest BCUT2D eigenvalue weighted by Crippen LogP contribution is 2.18. The Morgan fingerprint density at radius 3 is 3.00 bits per heavy atom. The summed E-state index contributed by atoms with van der Waals surface area (Å²) in [5.74, 6) is -1.03. The molecule has 22 heavy (non-hydrogen) atoms. The van der Waals surface area contributed by atoms with E-state index < -0.39 is 18.1 Å². The number of hydrogen-bond donors (Lipinski definition) is 2. The number of fused-ring (bicyclic) bond motifs is 1. The SMILES string of the molecule is O=C(O)Cn1ccnc(NCc2noc3ccccc23)c1=O. The predicted molar refractivity (Wildman–Crippen MR) is 77.5 cm³/mol. The van der Waals surface area contributed by atoms with Crippen LogP contribution >= 0.6 is 0 Å². The third-order valence-electron chi connectivity index (χ3n) is 3.09. The Kier molecular flexibility index (Phi) is 3.57. The molecule has 0 bridgehead atoms. The van der Waals surface area contributed by atoms with Gasteiger partial charge in [0.2, 0.25) is 0 Å². The minimum absolute atomic E-state index is 0.0656. The number of hydrogen-bond acceptors (Lipinski definition) is 6. The second kappa shape index (κ2) is 5.68. The van der Waals surface area contributed by atoms with E-state index in [1.54, 1.807) is 6.07 Å². The van der Waals surface area contributed by atoms with Crippen LogP contribution < -0.4 is 10.9 Å². The lowest BCUT2D eigenvalue weighted by molar-refractivity contribution is -0.137. The largest absolute Gasteiger partial charge is 0.480 e. The van der Waals surface area contributed by atoms with Crippen LogP contribution in [0.5, 0.6) is 0 Å². The van der Waals surface area contributed by atoms with Crippen molar-refractivity contribution in [3.63, 3.8) is 0 Å². The van der Waals surface area contributed by atoms with Crippen LogP contribution in [0.4, 0.5) is 5.82 Å². The first kappa shape index (κ1) is 13.8. The average molecular weight is 300 g/mol. The summed E-state index contributed by atoms with van der Waals surface area (Å²) in [5, 5.41) is 16.4. The van der Waals surface area contributed by atoms with E-state index in [-0.39, 0.29) is 12.4 Å². The van der Waals surface area contributed by atoms with Crippen molar-refractivity contribution in [1.82, 2.24) is 14.7 Å². The van der Waals surface area contributed by atoms with Gasteiger partial charge in [-0.2, -0.15) is 0 Å². The number of nitrogens with zero attached hydrogens (tertiary/aromatic N) is 3. The minimum atomic E-state index is -1.10. The molecule has 0 saturated heterocycles. The molecule has 0 aliphatic rings. The summed E-state index contributed by atoms with van der Waals surface area (Å²) in [7, 11) is 0. The number of nitrogens with one attached hydrogen (secondary N) is 1. The number of aromatic nitrogens is 3. The second-order valence-electron chi connectivity index (χ2n) is 4.58. The van der Waals surface area contributed by atoms with Gasteiger partial charge < -0.3 is 14.9 Å². The topological polar surface area (TPSA) is 110 Å². The van der Waals surface area contributed by atoms with E-state index in [9.17, 15) is 9.59 Å². The van der Waals surface area contributed by atoms with Gasteiger partial charge in [0.05, 0.1) is 6.54 Å². The third-order valence-corrected chi connectivity index (χ3v) is 3.09. The van der Waals surface area contributed by atoms with Crippen molar-refractivity contribution in [2.24, 2.45) is 0 Å². The molecule has 0 spiro atoms. The van der Waals surface area contributed by atoms with Crippen molar-refractivity contribution in [2.75, 3.05) is 5.32 Å². The van der Waals surface area contributed by atoms with Crippen LogP contribution in [0.2, 0.25) is 0 Å². The maximum Gasteiger partial charge on any atom is 0.323 e. The number of para-hydroxylation sites is 1. The van der Waals surface area contributed by atoms with Gasteiger partial charge in [-0.15, -0.1) is 0 Å². The standard InChI is InChI=1S/C14H12N4O4/c19-12(20)8-18-6-5-15-13(14(18)21)16-7-10-9-3-1-2-4-11(9)22-17-10/h1-6H,7-8H2,(H,15,16)(H,19,20). The first-order chi connectivity index (χ1) is 10.6. The molecule has 2 aromatic heterocycles. The molecule has 112 valence electrons. The quantitative estimate of drug-likeness (QED) is 0.725. The molecule has 1 aromatic carbocycles. The van der Waals surface area contributed by atoms with Crippen LogP contribution in [0, 0.1) is 0 Å². The molecule has 8 nitrogen and oxygen atoms in total. The summed E-state index contributed by atoms with van der Waals surface area (Å²) >= 11 is 0. The Labute approximate surface area is 124 Å². The fourth-order valence-corrected chi connectivity index (χ4v) is 2.07. The number of carbonyl (C=O) groups is 1. The summed E-state index contributed by atoms with van der Waals surface area (Å²) in [5.41, 5.74) is 0.798. The summed E-state index contributed by atoms with van der Waals surface area (Å²) in [6, 6.07) is 7.37. The summed E-state index contributed by atoms with van der Waals surface area (Å²) in [4.78, 5) is 26.7. The lowest BCUT2D eigenvalue weighted by Gasteiger charge is -2.06. The fraction of sp³-hybridized carbons (Fsp3) is 0.143. The number of carboxylic acid groups (broad SMARTS) is 1. The highest BCUT2D eigenvalue weighted by molar-refractivity contribution is 5.79. The molecule has 0 amide bonds. The predicted octanol–water partition coefficient (Wildman–Crippen LogP) is 1.08. The zero-order valence-corrected chi connectivity index (χ0v) is 11.4. The van der Waals surface area contributed by atoms with Gasteiger partial charge in [0, 0.05) is 17.8 Å². The molecule has 2 heterocycles. The molecule has 0 fully saturated rings. The van der Waals surface area contributed by atoms with Crippen LogP contribution in [-0.4, -0.2) is 25.8 Å². The number of aliphatic carboxylic acids is 1. The molecule has 2 N–H and O–H groups in total. The lowest BCUT2D eigenvalue weighted by atomic mass is 10.2. The first-order valence-electron chi connectivity index (χ1n) is 6.49. The van der Waals surface area contributed by atoms with Gasteiger partial charge in [-0.3, -0.25) is 14.2 Å². The van der Waals surface area contributed by atoms with Gasteiger partial charge in [0.1, 0.15) is 12.2 Å². The van der Waals surface area contributed by atoms with E-state index in [1.165, 1.54) is 12.4 Å². The van der Waals surface area contributed by atoms with Gasteiger partial charge >= 0.3 is 5.97 Å². The highest BCUT2D eigenvalue weighted by Gasteiger charge is 2.10. The number of anilines is 1. The van der Waals surface area contributed by atoms with Crippen LogP contribution in [0.1, 0.15) is 5.69 Å². The van der Waals surface area contributed by atoms with E-state index in [4.69, 9.17) is 9.63 Å². The van der Waals surface area contributed by atoms with Crippen molar-refractivity contribution < 1.29 is 14.4 Å². The molecule has 3 aromatic rings. The number of benzene rings is 1. The van der Waals surface area contributed by atoms with Gasteiger partial charge in [0.25, 0.3) is 5.56 Å². The molecule has 0 aliphatic heterocycles. The summed E-state index contributed by atoms with van der Waals surface area (Å²) in [6.45, 7) is -0.167. The van der Waals surface area contributed by atoms with Crippen molar-refractivity contribution >= 4 is 22.8 Å².